The molecule has 0 bridgehead atoms. The average molecular weight is 423 g/mol. The molecule has 1 aliphatic heterocycles. The van der Waals surface area contributed by atoms with Crippen molar-refractivity contribution in [3.05, 3.63) is 35.4 Å². The first kappa shape index (κ1) is 22.6. The minimum atomic E-state index is -2.03. The summed E-state index contributed by atoms with van der Waals surface area (Å²) in [6.07, 6.45) is -0.0545. The summed E-state index contributed by atoms with van der Waals surface area (Å²) in [6, 6.07) is 6.61. The Morgan fingerprint density at radius 2 is 1.89 bits per heavy atom. The van der Waals surface area contributed by atoms with Crippen LogP contribution >= 0.6 is 11.8 Å². The maximum Gasteiger partial charge on any atom is 0.251 e. The predicted octanol–water partition coefficient (Wildman–Crippen LogP) is 3.85. The van der Waals surface area contributed by atoms with Gasteiger partial charge in [-0.15, -0.1) is 0 Å². The second kappa shape index (κ2) is 8.38. The van der Waals surface area contributed by atoms with Crippen molar-refractivity contribution in [3.8, 4) is 0 Å². The third kappa shape index (κ3) is 4.85. The van der Waals surface area contributed by atoms with Gasteiger partial charge in [0.15, 0.2) is 8.32 Å². The SMILES string of the molecule is CNC(=O)c1cccc(C(=O)SC2CC(=O)N2C(C)O[Si](C)(C)C(C)(C)C)c1. The van der Waals surface area contributed by atoms with Crippen LogP contribution in [0.15, 0.2) is 24.3 Å². The molecule has 1 aliphatic rings. The van der Waals surface area contributed by atoms with Crippen LogP contribution in [-0.2, 0) is 9.22 Å². The Morgan fingerprint density at radius 1 is 1.29 bits per heavy atom. The van der Waals surface area contributed by atoms with Gasteiger partial charge in [-0.2, -0.15) is 0 Å². The highest BCUT2D eigenvalue weighted by Crippen LogP contribution is 2.40. The van der Waals surface area contributed by atoms with Gasteiger partial charge in [-0.05, 0) is 37.2 Å². The number of thioether (sulfide) groups is 1. The van der Waals surface area contributed by atoms with Gasteiger partial charge in [0.1, 0.15) is 6.23 Å². The van der Waals surface area contributed by atoms with Gasteiger partial charge in [-0.25, -0.2) is 0 Å². The standard InChI is InChI=1S/C20H30N2O4SSi/c1-13(26-28(6,7)20(2,3)4)22-16(23)12-17(22)27-19(25)15-10-8-9-14(11-15)18(24)21-5/h8-11,13,17H,12H2,1-7H3,(H,21,24). The van der Waals surface area contributed by atoms with Gasteiger partial charge in [0.25, 0.3) is 5.91 Å². The van der Waals surface area contributed by atoms with Crippen molar-refractivity contribution in [3.63, 3.8) is 0 Å². The number of amides is 2. The van der Waals surface area contributed by atoms with Crippen LogP contribution in [0.2, 0.25) is 18.1 Å². The molecule has 6 nitrogen and oxygen atoms in total. The Bertz CT molecular complexity index is 776. The summed E-state index contributed by atoms with van der Waals surface area (Å²) in [7, 11) is -0.484. The molecule has 2 atom stereocenters. The Hall–Kier alpha value is -1.64. The molecule has 2 unspecified atom stereocenters. The summed E-state index contributed by atoms with van der Waals surface area (Å²) in [6.45, 7) is 12.6. The molecular formula is C20H30N2O4SSi. The number of carbonyl (C=O) groups is 3. The third-order valence-corrected chi connectivity index (χ3v) is 11.1. The maximum atomic E-state index is 12.7. The van der Waals surface area contributed by atoms with E-state index in [9.17, 15) is 14.4 Å². The summed E-state index contributed by atoms with van der Waals surface area (Å²) in [4.78, 5) is 38.3. The minimum Gasteiger partial charge on any atom is -0.397 e. The number of carbonyl (C=O) groups excluding carboxylic acids is 3. The molecule has 0 aliphatic carbocycles. The summed E-state index contributed by atoms with van der Waals surface area (Å²) in [5.41, 5.74) is 0.883. The smallest absolute Gasteiger partial charge is 0.251 e. The second-order valence-corrected chi connectivity index (χ2v) is 14.4. The first-order valence-corrected chi connectivity index (χ1v) is 13.2. The van der Waals surface area contributed by atoms with Gasteiger partial charge < -0.3 is 14.6 Å². The first-order valence-electron chi connectivity index (χ1n) is 9.39. The Morgan fingerprint density at radius 3 is 2.43 bits per heavy atom. The molecule has 1 saturated heterocycles. The fourth-order valence-electron chi connectivity index (χ4n) is 2.72. The van der Waals surface area contributed by atoms with Crippen molar-refractivity contribution in [1.82, 2.24) is 10.2 Å². The van der Waals surface area contributed by atoms with Crippen molar-refractivity contribution in [2.75, 3.05) is 7.05 Å². The first-order chi connectivity index (χ1) is 12.9. The van der Waals surface area contributed by atoms with E-state index in [1.165, 1.54) is 0 Å². The highest BCUT2D eigenvalue weighted by atomic mass is 32.2. The van der Waals surface area contributed by atoms with E-state index in [0.29, 0.717) is 17.5 Å². The number of hydrogen-bond acceptors (Lipinski definition) is 5. The van der Waals surface area contributed by atoms with Crippen LogP contribution in [0.4, 0.5) is 0 Å². The molecule has 1 aromatic rings. The van der Waals surface area contributed by atoms with E-state index in [1.807, 2.05) is 6.92 Å². The molecule has 0 aromatic heterocycles. The summed E-state index contributed by atoms with van der Waals surface area (Å²) in [5.74, 6) is -0.243. The normalized spacial score (nSPS) is 18.5. The van der Waals surface area contributed by atoms with Crippen molar-refractivity contribution >= 4 is 37.0 Å². The van der Waals surface area contributed by atoms with Crippen molar-refractivity contribution in [2.24, 2.45) is 0 Å². The van der Waals surface area contributed by atoms with Crippen molar-refractivity contribution < 1.29 is 18.8 Å². The van der Waals surface area contributed by atoms with Crippen LogP contribution in [0.3, 0.4) is 0 Å². The number of hydrogen-bond donors (Lipinski definition) is 1. The van der Waals surface area contributed by atoms with E-state index < -0.39 is 8.32 Å². The largest absolute Gasteiger partial charge is 0.397 e. The Balaban J connectivity index is 2.07. The second-order valence-electron chi connectivity index (χ2n) is 8.50. The molecule has 1 aromatic carbocycles. The fraction of sp³-hybridized carbons (Fsp3) is 0.550. The lowest BCUT2D eigenvalue weighted by Crippen LogP contribution is -2.59. The van der Waals surface area contributed by atoms with Crippen LogP contribution in [-0.4, -0.2) is 48.8 Å². The highest BCUT2D eigenvalue weighted by Gasteiger charge is 2.45. The monoisotopic (exact) mass is 422 g/mol. The highest BCUT2D eigenvalue weighted by molar-refractivity contribution is 8.14. The van der Waals surface area contributed by atoms with E-state index in [4.69, 9.17) is 4.43 Å². The summed E-state index contributed by atoms with van der Waals surface area (Å²) in [5, 5.41) is 2.18. The Labute approximate surface area is 172 Å². The molecule has 0 radical (unpaired) electrons. The van der Waals surface area contributed by atoms with Crippen LogP contribution in [0.1, 0.15) is 54.8 Å². The van der Waals surface area contributed by atoms with Crippen LogP contribution in [0, 0.1) is 0 Å². The van der Waals surface area contributed by atoms with E-state index in [0.717, 1.165) is 11.8 Å². The Kier molecular flexibility index (Phi) is 6.78. The zero-order chi connectivity index (χ0) is 21.3. The number of rotatable bonds is 6. The number of likely N-dealkylation sites (tertiary alicyclic amines) is 1. The van der Waals surface area contributed by atoms with E-state index in [-0.39, 0.29) is 33.6 Å². The molecule has 8 heteroatoms. The quantitative estimate of drug-likeness (QED) is 0.557. The number of nitrogens with zero attached hydrogens (tertiary/aromatic N) is 1. The van der Waals surface area contributed by atoms with Gasteiger partial charge >= 0.3 is 0 Å². The number of β-lactam (4-membered cyclic amide) rings is 1. The van der Waals surface area contributed by atoms with Crippen LogP contribution in [0.25, 0.3) is 0 Å². The van der Waals surface area contributed by atoms with Crippen LogP contribution in [0.5, 0.6) is 0 Å². The lowest BCUT2D eigenvalue weighted by atomic mass is 10.1. The fourth-order valence-corrected chi connectivity index (χ4v) is 5.18. The summed E-state index contributed by atoms with van der Waals surface area (Å²) < 4.78 is 6.33. The van der Waals surface area contributed by atoms with Gasteiger partial charge in [0.05, 0.1) is 11.8 Å². The van der Waals surface area contributed by atoms with Gasteiger partial charge in [0, 0.05) is 18.2 Å². The molecular weight excluding hydrogens is 392 g/mol. The average Bonchev–Trinajstić information content (AvgIpc) is 2.58. The third-order valence-electron chi connectivity index (χ3n) is 5.44. The molecule has 28 heavy (non-hydrogen) atoms. The maximum absolute atomic E-state index is 12.7. The molecule has 0 spiro atoms. The van der Waals surface area contributed by atoms with Gasteiger partial charge in [-0.1, -0.05) is 44.7 Å². The minimum absolute atomic E-state index is 0.00405. The van der Waals surface area contributed by atoms with Gasteiger partial charge in [-0.3, -0.25) is 14.4 Å². The zero-order valence-electron chi connectivity index (χ0n) is 17.7. The molecule has 1 heterocycles. The van der Waals surface area contributed by atoms with Crippen LogP contribution < -0.4 is 5.32 Å². The van der Waals surface area contributed by atoms with E-state index in [2.05, 4.69) is 39.2 Å². The van der Waals surface area contributed by atoms with Crippen molar-refractivity contribution in [1.29, 1.82) is 0 Å². The molecule has 154 valence electrons. The molecule has 0 saturated carbocycles. The lowest BCUT2D eigenvalue weighted by molar-refractivity contribution is -0.153. The molecule has 2 rings (SSSR count). The van der Waals surface area contributed by atoms with Crippen molar-refractivity contribution in [2.45, 2.75) is 63.8 Å². The zero-order valence-corrected chi connectivity index (χ0v) is 19.5. The lowest BCUT2D eigenvalue weighted by Gasteiger charge is -2.47. The molecule has 1 N–H and O–H groups in total. The van der Waals surface area contributed by atoms with E-state index >= 15 is 0 Å². The topological polar surface area (TPSA) is 75.7 Å². The van der Waals surface area contributed by atoms with E-state index in [1.54, 1.807) is 36.2 Å². The molecule has 2 amide bonds. The molecule has 1 fully saturated rings. The number of benzene rings is 1. The predicted molar refractivity (Wildman–Crippen MR) is 115 cm³/mol. The van der Waals surface area contributed by atoms with Gasteiger partial charge in [0.2, 0.25) is 11.0 Å². The number of nitrogens with one attached hydrogen (secondary N) is 1. The summed E-state index contributed by atoms with van der Waals surface area (Å²) >= 11 is 1.11.